The quantitative estimate of drug-likeness (QED) is 0.162. The van der Waals surface area contributed by atoms with Crippen LogP contribution in [0.1, 0.15) is 49.1 Å². The van der Waals surface area contributed by atoms with E-state index >= 15 is 0 Å². The molecule has 3 aromatic carbocycles. The summed E-state index contributed by atoms with van der Waals surface area (Å²) in [6.45, 7) is 8.41. The molecule has 1 atom stereocenters. The molecule has 0 unspecified atom stereocenters. The van der Waals surface area contributed by atoms with Crippen LogP contribution in [0.25, 0.3) is 11.1 Å². The van der Waals surface area contributed by atoms with Crippen molar-refractivity contribution in [3.63, 3.8) is 0 Å². The van der Waals surface area contributed by atoms with Gasteiger partial charge in [-0.2, -0.15) is 0 Å². The Morgan fingerprint density at radius 3 is 2.26 bits per heavy atom. The maximum absolute atomic E-state index is 13.6. The standard InChI is InChI=1S/C34H40N4O3S/c1-23(2)21-30(33(40)35-5)38(32(39)20-17-26-11-7-6-8-12-26)22-27-15-18-28(19-16-27)29-13-9-10-14-31(29)42-37-34-24(3)25(4)36-41-34/h6-16,18-19,23,30,37H,17,20-22H2,1-5H3,(H,35,40)/t30-/m0/s1. The van der Waals surface area contributed by atoms with Crippen molar-refractivity contribution >= 4 is 29.6 Å². The van der Waals surface area contributed by atoms with Crippen molar-refractivity contribution in [3.05, 3.63) is 101 Å². The number of hydrogen-bond acceptors (Lipinski definition) is 6. The van der Waals surface area contributed by atoms with Gasteiger partial charge in [-0.15, -0.1) is 0 Å². The van der Waals surface area contributed by atoms with Crippen molar-refractivity contribution in [1.29, 1.82) is 0 Å². The number of benzene rings is 3. The largest absolute Gasteiger partial charge is 0.357 e. The zero-order valence-electron chi connectivity index (χ0n) is 25.0. The average molecular weight is 585 g/mol. The zero-order valence-corrected chi connectivity index (χ0v) is 25.8. The van der Waals surface area contributed by atoms with Gasteiger partial charge in [-0.05, 0) is 72.9 Å². The Kier molecular flexibility index (Phi) is 10.8. The highest BCUT2D eigenvalue weighted by atomic mass is 32.2. The predicted octanol–water partition coefficient (Wildman–Crippen LogP) is 7.20. The summed E-state index contributed by atoms with van der Waals surface area (Å²) < 4.78 is 8.69. The molecule has 0 saturated heterocycles. The fraction of sp³-hybridized carbons (Fsp3) is 0.324. The van der Waals surface area contributed by atoms with Crippen LogP contribution in [0.4, 0.5) is 5.88 Å². The van der Waals surface area contributed by atoms with Crippen molar-refractivity contribution in [1.82, 2.24) is 15.4 Å². The maximum Gasteiger partial charge on any atom is 0.242 e. The molecule has 0 aliphatic carbocycles. The van der Waals surface area contributed by atoms with Crippen LogP contribution < -0.4 is 10.0 Å². The number of aromatic nitrogens is 1. The monoisotopic (exact) mass is 584 g/mol. The number of carbonyl (C=O) groups is 2. The summed E-state index contributed by atoms with van der Waals surface area (Å²) in [5.41, 5.74) is 6.06. The second-order valence-electron chi connectivity index (χ2n) is 10.9. The van der Waals surface area contributed by atoms with E-state index in [0.717, 1.165) is 38.4 Å². The molecular formula is C34H40N4O3S. The molecule has 2 amide bonds. The number of aryl methyl sites for hydroxylation is 2. The first-order chi connectivity index (χ1) is 20.3. The molecule has 42 heavy (non-hydrogen) atoms. The lowest BCUT2D eigenvalue weighted by Gasteiger charge is -2.32. The number of hydrogen-bond donors (Lipinski definition) is 2. The van der Waals surface area contributed by atoms with Gasteiger partial charge in [-0.1, -0.05) is 91.8 Å². The molecule has 0 fully saturated rings. The van der Waals surface area contributed by atoms with E-state index in [1.54, 1.807) is 11.9 Å². The third-order valence-electron chi connectivity index (χ3n) is 7.33. The number of anilines is 1. The molecule has 0 aliphatic rings. The van der Waals surface area contributed by atoms with E-state index in [-0.39, 0.29) is 17.7 Å². The Morgan fingerprint density at radius 1 is 0.929 bits per heavy atom. The predicted molar refractivity (Wildman–Crippen MR) is 170 cm³/mol. The van der Waals surface area contributed by atoms with E-state index < -0.39 is 6.04 Å². The van der Waals surface area contributed by atoms with Crippen LogP contribution in [0.2, 0.25) is 0 Å². The second kappa shape index (κ2) is 14.7. The highest BCUT2D eigenvalue weighted by Crippen LogP contribution is 2.33. The van der Waals surface area contributed by atoms with Gasteiger partial charge in [0.1, 0.15) is 6.04 Å². The zero-order chi connectivity index (χ0) is 30.1. The first-order valence-corrected chi connectivity index (χ1v) is 15.2. The summed E-state index contributed by atoms with van der Waals surface area (Å²) >= 11 is 1.48. The molecule has 0 bridgehead atoms. The van der Waals surface area contributed by atoms with Gasteiger partial charge in [0.25, 0.3) is 0 Å². The molecule has 220 valence electrons. The molecule has 0 saturated carbocycles. The molecule has 1 heterocycles. The SMILES string of the molecule is CNC(=O)[C@H](CC(C)C)N(Cc1ccc(-c2ccccc2SNc2onc(C)c2C)cc1)C(=O)CCc1ccccc1. The third kappa shape index (κ3) is 8.03. The maximum atomic E-state index is 13.6. The minimum atomic E-state index is -0.538. The number of amides is 2. The second-order valence-corrected chi connectivity index (χ2v) is 11.7. The van der Waals surface area contributed by atoms with Gasteiger partial charge in [-0.3, -0.25) is 14.3 Å². The lowest BCUT2D eigenvalue weighted by Crippen LogP contribution is -2.49. The van der Waals surface area contributed by atoms with E-state index in [4.69, 9.17) is 4.52 Å². The molecule has 7 nitrogen and oxygen atoms in total. The number of nitrogens with one attached hydrogen (secondary N) is 2. The van der Waals surface area contributed by atoms with Crippen molar-refractivity contribution in [2.24, 2.45) is 5.92 Å². The molecule has 0 aliphatic heterocycles. The Hall–Kier alpha value is -4.04. The van der Waals surface area contributed by atoms with Gasteiger partial charge in [0.15, 0.2) is 0 Å². The van der Waals surface area contributed by atoms with E-state index in [1.165, 1.54) is 11.9 Å². The van der Waals surface area contributed by atoms with Crippen molar-refractivity contribution in [2.45, 2.75) is 64.4 Å². The minimum absolute atomic E-state index is 0.0251. The van der Waals surface area contributed by atoms with Gasteiger partial charge in [0, 0.05) is 30.5 Å². The van der Waals surface area contributed by atoms with Crippen LogP contribution in [0, 0.1) is 19.8 Å². The normalized spacial score (nSPS) is 11.8. The molecular weight excluding hydrogens is 544 g/mol. The van der Waals surface area contributed by atoms with Crippen molar-refractivity contribution < 1.29 is 14.1 Å². The molecule has 8 heteroatoms. The van der Waals surface area contributed by atoms with Crippen LogP contribution in [-0.2, 0) is 22.6 Å². The van der Waals surface area contributed by atoms with Gasteiger partial charge in [0.05, 0.1) is 5.69 Å². The highest BCUT2D eigenvalue weighted by Gasteiger charge is 2.30. The van der Waals surface area contributed by atoms with Crippen LogP contribution in [-0.4, -0.2) is 35.0 Å². The summed E-state index contributed by atoms with van der Waals surface area (Å²) in [6.07, 6.45) is 1.57. The van der Waals surface area contributed by atoms with E-state index in [1.807, 2.05) is 68.4 Å². The third-order valence-corrected chi connectivity index (χ3v) is 8.19. The van der Waals surface area contributed by atoms with Crippen molar-refractivity contribution in [2.75, 3.05) is 11.8 Å². The summed E-state index contributed by atoms with van der Waals surface area (Å²) in [6, 6.07) is 25.9. The fourth-order valence-electron chi connectivity index (χ4n) is 4.79. The lowest BCUT2D eigenvalue weighted by molar-refractivity contribution is -0.141. The van der Waals surface area contributed by atoms with Crippen LogP contribution in [0.5, 0.6) is 0 Å². The Balaban J connectivity index is 1.53. The average Bonchev–Trinajstić information content (AvgIpc) is 3.33. The Morgan fingerprint density at radius 2 is 1.62 bits per heavy atom. The van der Waals surface area contributed by atoms with Crippen LogP contribution in [0.15, 0.2) is 88.3 Å². The lowest BCUT2D eigenvalue weighted by atomic mass is 9.99. The topological polar surface area (TPSA) is 87.5 Å². The number of likely N-dealkylation sites (N-methyl/N-ethyl adjacent to an activating group) is 1. The summed E-state index contributed by atoms with van der Waals surface area (Å²) in [5, 5.41) is 6.80. The number of nitrogens with zero attached hydrogens (tertiary/aromatic N) is 2. The van der Waals surface area contributed by atoms with Gasteiger partial charge in [-0.25, -0.2) is 0 Å². The molecule has 2 N–H and O–H groups in total. The first-order valence-electron chi connectivity index (χ1n) is 14.4. The molecule has 0 spiro atoms. The Labute approximate surface area is 253 Å². The van der Waals surface area contributed by atoms with Crippen LogP contribution in [0.3, 0.4) is 0 Å². The highest BCUT2D eigenvalue weighted by molar-refractivity contribution is 8.00. The van der Waals surface area contributed by atoms with Crippen molar-refractivity contribution in [3.8, 4) is 11.1 Å². The summed E-state index contributed by atoms with van der Waals surface area (Å²) in [4.78, 5) is 29.4. The van der Waals surface area contributed by atoms with E-state index in [0.29, 0.717) is 31.7 Å². The van der Waals surface area contributed by atoms with Gasteiger partial charge < -0.3 is 14.7 Å². The number of rotatable bonds is 13. The van der Waals surface area contributed by atoms with Crippen LogP contribution >= 0.6 is 11.9 Å². The minimum Gasteiger partial charge on any atom is -0.357 e. The van der Waals surface area contributed by atoms with Gasteiger partial charge >= 0.3 is 0 Å². The number of carbonyl (C=O) groups excluding carboxylic acids is 2. The molecule has 0 radical (unpaired) electrons. The smallest absolute Gasteiger partial charge is 0.242 e. The molecule has 4 aromatic rings. The Bertz CT molecular complexity index is 1470. The molecule has 1 aromatic heterocycles. The summed E-state index contributed by atoms with van der Waals surface area (Å²) in [7, 11) is 1.63. The van der Waals surface area contributed by atoms with E-state index in [2.05, 4.69) is 53.3 Å². The summed E-state index contributed by atoms with van der Waals surface area (Å²) in [5.74, 6) is 0.741. The molecule has 4 rings (SSSR count). The first kappa shape index (κ1) is 30.9. The van der Waals surface area contributed by atoms with Gasteiger partial charge in [0.2, 0.25) is 17.7 Å². The fourth-order valence-corrected chi connectivity index (χ4v) is 5.63. The van der Waals surface area contributed by atoms with E-state index in [9.17, 15) is 9.59 Å².